The third kappa shape index (κ3) is 2.95. The maximum Gasteiger partial charge on any atom is 0.162 e. The van der Waals surface area contributed by atoms with Crippen LogP contribution in [0.15, 0.2) is 35.5 Å². The van der Waals surface area contributed by atoms with E-state index in [0.717, 1.165) is 54.3 Å². The molecule has 0 aliphatic carbocycles. The van der Waals surface area contributed by atoms with Crippen LogP contribution in [-0.4, -0.2) is 36.5 Å². The average molecular weight is 308 g/mol. The van der Waals surface area contributed by atoms with Gasteiger partial charge in [0.05, 0.1) is 17.0 Å². The minimum atomic E-state index is 0.685. The molecule has 4 rings (SSSR count). The number of aromatic nitrogens is 5. The van der Waals surface area contributed by atoms with Gasteiger partial charge in [0.2, 0.25) is 0 Å². The van der Waals surface area contributed by atoms with E-state index in [1.807, 2.05) is 19.2 Å². The first-order valence-electron chi connectivity index (χ1n) is 7.52. The molecule has 0 amide bonds. The fourth-order valence-electron chi connectivity index (χ4n) is 2.78. The zero-order valence-electron chi connectivity index (χ0n) is 12.8. The maximum atomic E-state index is 5.13. The lowest BCUT2D eigenvalue weighted by Crippen LogP contribution is -2.31. The molecule has 0 saturated carbocycles. The molecule has 3 aromatic rings. The first-order chi connectivity index (χ1) is 11.3. The summed E-state index contributed by atoms with van der Waals surface area (Å²) < 4.78 is 5.13. The number of rotatable bonds is 3. The molecule has 1 aliphatic heterocycles. The van der Waals surface area contributed by atoms with Gasteiger partial charge in [-0.05, 0) is 6.92 Å². The van der Waals surface area contributed by atoms with Gasteiger partial charge in [0, 0.05) is 56.3 Å². The molecular weight excluding hydrogens is 292 g/mol. The summed E-state index contributed by atoms with van der Waals surface area (Å²) in [5, 5.41) is 4.06. The van der Waals surface area contributed by atoms with Gasteiger partial charge in [0.15, 0.2) is 5.82 Å². The van der Waals surface area contributed by atoms with Gasteiger partial charge in [-0.2, -0.15) is 0 Å². The second-order valence-electron chi connectivity index (χ2n) is 5.68. The van der Waals surface area contributed by atoms with Crippen LogP contribution in [0.3, 0.4) is 0 Å². The highest BCUT2D eigenvalue weighted by Crippen LogP contribution is 2.21. The maximum absolute atomic E-state index is 5.13. The molecule has 116 valence electrons. The second kappa shape index (κ2) is 5.85. The Bertz CT molecular complexity index is 816. The number of hydrogen-bond donors (Lipinski definition) is 0. The summed E-state index contributed by atoms with van der Waals surface area (Å²) >= 11 is 0. The Morgan fingerprint density at radius 3 is 2.87 bits per heavy atom. The zero-order chi connectivity index (χ0) is 15.6. The third-order valence-electron chi connectivity index (χ3n) is 3.89. The molecule has 7 nitrogen and oxygen atoms in total. The number of fused-ring (bicyclic) bond motifs is 1. The number of hydrogen-bond acceptors (Lipinski definition) is 7. The summed E-state index contributed by atoms with van der Waals surface area (Å²) in [5.74, 6) is 1.53. The van der Waals surface area contributed by atoms with E-state index in [1.54, 1.807) is 12.4 Å². The van der Waals surface area contributed by atoms with E-state index < -0.39 is 0 Å². The Hall–Kier alpha value is -2.67. The molecule has 0 spiro atoms. The van der Waals surface area contributed by atoms with Crippen molar-refractivity contribution >= 4 is 0 Å². The van der Waals surface area contributed by atoms with Gasteiger partial charge in [-0.1, -0.05) is 5.16 Å². The van der Waals surface area contributed by atoms with Crippen molar-refractivity contribution in [1.82, 2.24) is 30.0 Å². The van der Waals surface area contributed by atoms with Crippen LogP contribution < -0.4 is 0 Å². The predicted molar refractivity (Wildman–Crippen MR) is 82.1 cm³/mol. The Morgan fingerprint density at radius 1 is 1.22 bits per heavy atom. The van der Waals surface area contributed by atoms with Gasteiger partial charge in [-0.3, -0.25) is 4.90 Å². The monoisotopic (exact) mass is 308 g/mol. The molecule has 0 aromatic carbocycles. The molecule has 1 aliphatic rings. The van der Waals surface area contributed by atoms with Crippen LogP contribution >= 0.6 is 0 Å². The molecule has 4 heterocycles. The fourth-order valence-corrected chi connectivity index (χ4v) is 2.78. The highest BCUT2D eigenvalue weighted by Gasteiger charge is 2.20. The van der Waals surface area contributed by atoms with E-state index in [9.17, 15) is 0 Å². The lowest BCUT2D eigenvalue weighted by atomic mass is 10.1. The van der Waals surface area contributed by atoms with Crippen molar-refractivity contribution in [3.63, 3.8) is 0 Å². The summed E-state index contributed by atoms with van der Waals surface area (Å²) in [7, 11) is 0. The van der Waals surface area contributed by atoms with Crippen molar-refractivity contribution in [3.8, 4) is 11.4 Å². The van der Waals surface area contributed by atoms with E-state index in [-0.39, 0.29) is 0 Å². The van der Waals surface area contributed by atoms with Gasteiger partial charge >= 0.3 is 0 Å². The highest BCUT2D eigenvalue weighted by atomic mass is 16.5. The van der Waals surface area contributed by atoms with Crippen LogP contribution in [0, 0.1) is 6.92 Å². The molecule has 3 aromatic heterocycles. The molecule has 23 heavy (non-hydrogen) atoms. The molecule has 0 radical (unpaired) electrons. The molecule has 0 bridgehead atoms. The molecule has 0 fully saturated rings. The number of aryl methyl sites for hydroxylation is 1. The van der Waals surface area contributed by atoms with Crippen LogP contribution in [0.1, 0.15) is 22.7 Å². The van der Waals surface area contributed by atoms with Crippen LogP contribution in [-0.2, 0) is 19.5 Å². The second-order valence-corrected chi connectivity index (χ2v) is 5.68. The smallest absolute Gasteiger partial charge is 0.162 e. The van der Waals surface area contributed by atoms with Crippen molar-refractivity contribution in [2.24, 2.45) is 0 Å². The van der Waals surface area contributed by atoms with Crippen molar-refractivity contribution in [2.75, 3.05) is 6.54 Å². The summed E-state index contributed by atoms with van der Waals surface area (Å²) in [4.78, 5) is 19.5. The van der Waals surface area contributed by atoms with Gasteiger partial charge in [-0.15, -0.1) is 0 Å². The van der Waals surface area contributed by atoms with E-state index in [1.165, 1.54) is 6.33 Å². The first kappa shape index (κ1) is 14.0. The van der Waals surface area contributed by atoms with Crippen molar-refractivity contribution in [2.45, 2.75) is 26.4 Å². The van der Waals surface area contributed by atoms with Crippen LogP contribution in [0.4, 0.5) is 0 Å². The lowest BCUT2D eigenvalue weighted by Gasteiger charge is -2.27. The SMILES string of the molecule is Cc1cc(CN2CCc3nc(-c4cncnc4)ncc3C2)no1. The Kier molecular flexibility index (Phi) is 3.55. The van der Waals surface area contributed by atoms with Crippen molar-refractivity contribution < 1.29 is 4.52 Å². The fraction of sp³-hybridized carbons (Fsp3) is 0.312. The minimum Gasteiger partial charge on any atom is -0.361 e. The van der Waals surface area contributed by atoms with E-state index in [2.05, 4.69) is 30.0 Å². The van der Waals surface area contributed by atoms with Crippen LogP contribution in [0.25, 0.3) is 11.4 Å². The molecular formula is C16H16N6O. The minimum absolute atomic E-state index is 0.685. The predicted octanol–water partition coefficient (Wildman–Crippen LogP) is 1.79. The number of nitrogens with zero attached hydrogens (tertiary/aromatic N) is 6. The molecule has 0 atom stereocenters. The standard InChI is InChI=1S/C16H16N6O/c1-11-4-14(21-23-11)9-22-3-2-15-13(8-22)7-19-16(20-15)12-5-17-10-18-6-12/h4-7,10H,2-3,8-9H2,1H3. The van der Waals surface area contributed by atoms with E-state index in [4.69, 9.17) is 4.52 Å². The zero-order valence-corrected chi connectivity index (χ0v) is 12.8. The van der Waals surface area contributed by atoms with Gasteiger partial charge in [0.1, 0.15) is 12.1 Å². The third-order valence-corrected chi connectivity index (χ3v) is 3.89. The van der Waals surface area contributed by atoms with Gasteiger partial charge in [-0.25, -0.2) is 19.9 Å². The van der Waals surface area contributed by atoms with Crippen molar-refractivity contribution in [3.05, 3.63) is 53.7 Å². The summed E-state index contributed by atoms with van der Waals surface area (Å²) in [5.41, 5.74) is 4.07. The van der Waals surface area contributed by atoms with Crippen LogP contribution in [0.5, 0.6) is 0 Å². The Morgan fingerprint density at radius 2 is 2.09 bits per heavy atom. The van der Waals surface area contributed by atoms with E-state index in [0.29, 0.717) is 5.82 Å². The van der Waals surface area contributed by atoms with Gasteiger partial charge in [0.25, 0.3) is 0 Å². The molecule has 0 N–H and O–H groups in total. The molecule has 0 saturated heterocycles. The molecule has 7 heteroatoms. The Labute approximate surface area is 133 Å². The highest BCUT2D eigenvalue weighted by molar-refractivity contribution is 5.52. The topological polar surface area (TPSA) is 80.8 Å². The first-order valence-corrected chi connectivity index (χ1v) is 7.52. The normalized spacial score (nSPS) is 14.7. The Balaban J connectivity index is 1.52. The summed E-state index contributed by atoms with van der Waals surface area (Å²) in [6.07, 6.45) is 7.78. The summed E-state index contributed by atoms with van der Waals surface area (Å²) in [6, 6.07) is 1.98. The van der Waals surface area contributed by atoms with Gasteiger partial charge < -0.3 is 4.52 Å². The van der Waals surface area contributed by atoms with Crippen LogP contribution in [0.2, 0.25) is 0 Å². The quantitative estimate of drug-likeness (QED) is 0.729. The summed E-state index contributed by atoms with van der Waals surface area (Å²) in [6.45, 7) is 4.46. The van der Waals surface area contributed by atoms with Crippen molar-refractivity contribution in [1.29, 1.82) is 0 Å². The molecule has 0 unspecified atom stereocenters. The average Bonchev–Trinajstić information content (AvgIpc) is 3.00. The van der Waals surface area contributed by atoms with E-state index >= 15 is 0 Å². The largest absolute Gasteiger partial charge is 0.361 e. The lowest BCUT2D eigenvalue weighted by molar-refractivity contribution is 0.235.